The highest BCUT2D eigenvalue weighted by molar-refractivity contribution is 5.95. The highest BCUT2D eigenvalue weighted by Crippen LogP contribution is 2.47. The Morgan fingerprint density at radius 3 is 2.14 bits per heavy atom. The monoisotopic (exact) mass is 597 g/mol. The molecule has 1 fully saturated rings. The molecule has 0 saturated carbocycles. The maximum absolute atomic E-state index is 13.1. The van der Waals surface area contributed by atoms with E-state index < -0.39 is 5.41 Å². The minimum absolute atomic E-state index is 0.0912. The summed E-state index contributed by atoms with van der Waals surface area (Å²) in [4.78, 5) is 43.8. The first-order valence-electron chi connectivity index (χ1n) is 14.9. The highest BCUT2D eigenvalue weighted by atomic mass is 16.2. The van der Waals surface area contributed by atoms with Gasteiger partial charge in [0.25, 0.3) is 11.8 Å². The Morgan fingerprint density at radius 2 is 1.64 bits per heavy atom. The Hall–Kier alpha value is -4.63. The molecule has 5 rings (SSSR count). The summed E-state index contributed by atoms with van der Waals surface area (Å²) in [5.74, 6) is 0.175. The number of H-pyrrole nitrogens is 1. The van der Waals surface area contributed by atoms with E-state index in [2.05, 4.69) is 32.0 Å². The first-order valence-corrected chi connectivity index (χ1v) is 14.9. The van der Waals surface area contributed by atoms with E-state index in [9.17, 15) is 19.6 Å². The number of carbonyl (C=O) groups excluding carboxylic acids is 3. The molecule has 1 aromatic heterocycles. The van der Waals surface area contributed by atoms with Crippen LogP contribution in [0.5, 0.6) is 0 Å². The topological polar surface area (TPSA) is 151 Å². The number of nitriles is 1. The average Bonchev–Trinajstić information content (AvgIpc) is 3.71. The largest absolute Gasteiger partial charge is 0.345 e. The number of aromatic nitrogens is 4. The molecule has 44 heavy (non-hydrogen) atoms. The number of aromatic amines is 1. The van der Waals surface area contributed by atoms with Gasteiger partial charge in [0.15, 0.2) is 5.82 Å². The fourth-order valence-corrected chi connectivity index (χ4v) is 6.62. The lowest BCUT2D eigenvalue weighted by molar-refractivity contribution is -0.130. The van der Waals surface area contributed by atoms with E-state index in [4.69, 9.17) is 0 Å². The van der Waals surface area contributed by atoms with Crippen molar-refractivity contribution in [1.29, 1.82) is 5.26 Å². The smallest absolute Gasteiger partial charge is 0.253 e. The molecule has 2 aliphatic rings. The Bertz CT molecular complexity index is 1520. The van der Waals surface area contributed by atoms with E-state index in [1.54, 1.807) is 42.9 Å². The van der Waals surface area contributed by atoms with Crippen LogP contribution < -0.4 is 5.32 Å². The van der Waals surface area contributed by atoms with Crippen LogP contribution in [0.1, 0.15) is 75.0 Å². The minimum atomic E-state index is -0.911. The number of fused-ring (bicyclic) bond motifs is 2. The molecule has 12 heteroatoms. The van der Waals surface area contributed by atoms with Crippen LogP contribution in [0.15, 0.2) is 36.4 Å². The molecule has 1 aliphatic carbocycles. The second-order valence-electron chi connectivity index (χ2n) is 12.1. The van der Waals surface area contributed by atoms with Gasteiger partial charge in [0.05, 0.1) is 18.0 Å². The first-order chi connectivity index (χ1) is 21.1. The molecule has 0 radical (unpaired) electrons. The molecule has 0 bridgehead atoms. The third-order valence-corrected chi connectivity index (χ3v) is 8.76. The lowest BCUT2D eigenvalue weighted by Crippen LogP contribution is -2.45. The summed E-state index contributed by atoms with van der Waals surface area (Å²) in [6.07, 6.45) is 3.26. The van der Waals surface area contributed by atoms with E-state index in [-0.39, 0.29) is 36.3 Å². The van der Waals surface area contributed by atoms with E-state index in [1.807, 2.05) is 43.3 Å². The number of nitrogens with zero attached hydrogens (tertiary/aromatic N) is 7. The maximum atomic E-state index is 13.1. The predicted octanol–water partition coefficient (Wildman–Crippen LogP) is 1.92. The fourth-order valence-electron chi connectivity index (χ4n) is 6.62. The van der Waals surface area contributed by atoms with Crippen LogP contribution in [0, 0.1) is 11.3 Å². The van der Waals surface area contributed by atoms with Gasteiger partial charge in [-0.3, -0.25) is 14.4 Å². The van der Waals surface area contributed by atoms with Crippen LogP contribution in [0.4, 0.5) is 0 Å². The molecule has 3 aromatic rings. The summed E-state index contributed by atoms with van der Waals surface area (Å²) in [5, 5.41) is 28.5. The van der Waals surface area contributed by atoms with Gasteiger partial charge in [-0.15, -0.1) is 10.2 Å². The number of hydrogen-bond acceptors (Lipinski definition) is 8. The zero-order valence-electron chi connectivity index (χ0n) is 25.9. The van der Waals surface area contributed by atoms with Crippen molar-refractivity contribution < 1.29 is 14.4 Å². The van der Waals surface area contributed by atoms with Crippen molar-refractivity contribution in [1.82, 2.24) is 40.6 Å². The van der Waals surface area contributed by atoms with Crippen LogP contribution in [0.3, 0.4) is 0 Å². The third-order valence-electron chi connectivity index (χ3n) is 8.76. The summed E-state index contributed by atoms with van der Waals surface area (Å²) >= 11 is 0. The van der Waals surface area contributed by atoms with Gasteiger partial charge in [-0.05, 0) is 85.5 Å². The van der Waals surface area contributed by atoms with Gasteiger partial charge in [-0.2, -0.15) is 10.5 Å². The van der Waals surface area contributed by atoms with Crippen molar-refractivity contribution in [3.8, 4) is 6.07 Å². The van der Waals surface area contributed by atoms with Crippen LogP contribution in [0.25, 0.3) is 0 Å². The number of aryl methyl sites for hydroxylation is 2. The number of carbonyl (C=O) groups is 3. The Morgan fingerprint density at radius 1 is 1.05 bits per heavy atom. The minimum Gasteiger partial charge on any atom is -0.345 e. The predicted molar refractivity (Wildman–Crippen MR) is 163 cm³/mol. The SMILES string of the molecule is CC(CC1(c2nn[nH]n2)c2ccc(C(=O)N(C)C)cc2CCc2cc(C(=O)N(C)C)ccc21)NCC(=O)N1CCC[C@H]1C#N. The Kier molecular flexibility index (Phi) is 8.78. The number of hydrogen-bond donors (Lipinski definition) is 2. The summed E-state index contributed by atoms with van der Waals surface area (Å²) in [5.41, 5.74) is 4.12. The van der Waals surface area contributed by atoms with Crippen molar-refractivity contribution in [2.75, 3.05) is 41.3 Å². The van der Waals surface area contributed by atoms with Gasteiger partial charge in [-0.1, -0.05) is 17.3 Å². The van der Waals surface area contributed by atoms with Gasteiger partial charge < -0.3 is 20.0 Å². The molecule has 1 aliphatic heterocycles. The molecule has 230 valence electrons. The molecule has 2 heterocycles. The van der Waals surface area contributed by atoms with Gasteiger partial charge >= 0.3 is 0 Å². The number of tetrazole rings is 1. The van der Waals surface area contributed by atoms with Crippen molar-refractivity contribution in [2.24, 2.45) is 0 Å². The molecule has 2 atom stereocenters. The van der Waals surface area contributed by atoms with Crippen molar-refractivity contribution in [3.05, 3.63) is 75.6 Å². The number of nitrogens with one attached hydrogen (secondary N) is 2. The lowest BCUT2D eigenvalue weighted by atomic mass is 9.67. The second kappa shape index (κ2) is 12.5. The normalized spacial score (nSPS) is 17.5. The Labute approximate surface area is 257 Å². The zero-order valence-corrected chi connectivity index (χ0v) is 25.9. The molecule has 1 unspecified atom stereocenters. The first kappa shape index (κ1) is 30.8. The van der Waals surface area contributed by atoms with E-state index in [1.165, 1.54) is 0 Å². The zero-order chi connectivity index (χ0) is 31.6. The lowest BCUT2D eigenvalue weighted by Gasteiger charge is -2.36. The van der Waals surface area contributed by atoms with Crippen LogP contribution in [-0.4, -0.2) is 106 Å². The summed E-state index contributed by atoms with van der Waals surface area (Å²) < 4.78 is 0. The molecule has 2 N–H and O–H groups in total. The van der Waals surface area contributed by atoms with Crippen molar-refractivity contribution >= 4 is 17.7 Å². The second-order valence-corrected chi connectivity index (χ2v) is 12.1. The number of benzene rings is 2. The molecular weight excluding hydrogens is 558 g/mol. The molecule has 2 aromatic carbocycles. The van der Waals surface area contributed by atoms with Crippen LogP contribution >= 0.6 is 0 Å². The number of rotatable bonds is 8. The van der Waals surface area contributed by atoms with E-state index >= 15 is 0 Å². The van der Waals surface area contributed by atoms with Gasteiger partial charge in [0.2, 0.25) is 5.91 Å². The molecule has 3 amide bonds. The fraction of sp³-hybridized carbons (Fsp3) is 0.469. The molecule has 1 saturated heterocycles. The average molecular weight is 598 g/mol. The standard InChI is InChI=1S/C32H39N9O3/c1-20(34-19-28(42)41-14-6-7-25(41)18-33)17-32(31-35-37-38-36-31)26-12-10-23(29(43)39(2)3)15-21(26)8-9-22-16-24(11-13-27(22)32)30(44)40(4)5/h10-13,15-16,20,25,34H,6-9,14,17,19H2,1-5H3,(H,35,36,37,38)/t20?,25-/m0/s1. The van der Waals surface area contributed by atoms with Crippen molar-refractivity contribution in [2.45, 2.75) is 56.5 Å². The summed E-state index contributed by atoms with van der Waals surface area (Å²) in [6.45, 7) is 2.69. The van der Waals surface area contributed by atoms with Gasteiger partial charge in [-0.25, -0.2) is 0 Å². The number of likely N-dealkylation sites (tertiary alicyclic amines) is 1. The molecule has 0 spiro atoms. The van der Waals surface area contributed by atoms with Crippen molar-refractivity contribution in [3.63, 3.8) is 0 Å². The summed E-state index contributed by atoms with van der Waals surface area (Å²) in [6, 6.07) is 13.2. The Balaban J connectivity index is 1.60. The van der Waals surface area contributed by atoms with Crippen LogP contribution in [0.2, 0.25) is 0 Å². The molecule has 12 nitrogen and oxygen atoms in total. The molecular formula is C32H39N9O3. The highest BCUT2D eigenvalue weighted by Gasteiger charge is 2.46. The maximum Gasteiger partial charge on any atom is 0.253 e. The van der Waals surface area contributed by atoms with E-state index in [0.29, 0.717) is 49.2 Å². The van der Waals surface area contributed by atoms with Gasteiger partial charge in [0.1, 0.15) is 6.04 Å². The van der Waals surface area contributed by atoms with E-state index in [0.717, 1.165) is 28.7 Å². The van der Waals surface area contributed by atoms with Gasteiger partial charge in [0, 0.05) is 51.9 Å². The number of amides is 3. The summed E-state index contributed by atoms with van der Waals surface area (Å²) in [7, 11) is 6.91. The quantitative estimate of drug-likeness (QED) is 0.400. The van der Waals surface area contributed by atoms with Crippen LogP contribution in [-0.2, 0) is 23.1 Å². The third kappa shape index (κ3) is 5.67.